The first-order valence-corrected chi connectivity index (χ1v) is 37.3. The summed E-state index contributed by atoms with van der Waals surface area (Å²) < 4.78 is 89.5. The number of fused-ring (bicyclic) bond motifs is 8. The Morgan fingerprint density at radius 1 is 0.761 bits per heavy atom. The smallest absolute Gasteiger partial charge is 0.312 e. The number of methoxy groups -OCH3 is 1. The van der Waals surface area contributed by atoms with Crippen LogP contribution in [0.2, 0.25) is 0 Å². The standard InChI is InChI=1S/C79H108BN7O22/c1-49(2)68(85-63(89)23-26-96-30-32-98-34-36-100-38-40-102-42-43-103-41-39-101-37-35-99-33-31-97-28-24-82-80)78(94)81-47-64(90)83-57-18-16-56(17-19-57)48-87(10,11)25-29-104-58-20-21-59-61(46-58)107-75-69(84-59)65-66-71(91)70(75)86-77(93)52(5)15-13-14-50(3)44-51(4)45-62-72(106-55(8)88)53(6)60(95-12)22-27-105-79(9)76(92)67(65)74(109-79)54(7)73(66)108-62/h13-22,27,46,49-51,53,60,62,68,72,82H,23-26,28-45,47-48H2,1-12H3,(H3-,81,83,84,85,86,89,90,93,94)/p+1/b14-13+,27-22+,52-15-/t50?,51-,53-,60+,62?,68?,72?,79+/m1/s1. The molecule has 4 amide bonds. The Balaban J connectivity index is 0.816. The average Bonchev–Trinajstić information content (AvgIpc) is 1.63. The Morgan fingerprint density at radius 2 is 1.38 bits per heavy atom. The number of hydrogen-bond donors (Lipinski definition) is 5. The Morgan fingerprint density at radius 3 is 1.97 bits per heavy atom. The van der Waals surface area contributed by atoms with Crippen molar-refractivity contribution in [3.8, 4) is 28.7 Å². The maximum Gasteiger partial charge on any atom is 0.312 e. The van der Waals surface area contributed by atoms with Crippen molar-refractivity contribution in [2.45, 2.75) is 118 Å². The predicted molar refractivity (Wildman–Crippen MR) is 408 cm³/mol. The quantitative estimate of drug-likeness (QED) is 0.00632. The van der Waals surface area contributed by atoms with Crippen LogP contribution in [0.15, 0.2) is 87.8 Å². The van der Waals surface area contributed by atoms with Crippen LogP contribution in [0.5, 0.6) is 17.2 Å². The van der Waals surface area contributed by atoms with Crippen molar-refractivity contribution in [1.82, 2.24) is 20.8 Å². The number of anilines is 2. The number of aromatic nitrogens is 1. The lowest BCUT2D eigenvalue weighted by atomic mass is 9.85. The highest BCUT2D eigenvalue weighted by Gasteiger charge is 2.51. The minimum absolute atomic E-state index is 0.00954. The largest absolute Gasteiger partial charge is 0.488 e. The monoisotopic (exact) mass is 1520 g/mol. The Hall–Kier alpha value is -8.40. The number of ketones is 1. The number of likely N-dealkylation sites (N-methyl/N-ethyl adjacent to an activating group) is 1. The van der Waals surface area contributed by atoms with Gasteiger partial charge >= 0.3 is 11.8 Å². The molecule has 0 saturated heterocycles. The molecule has 1 aliphatic carbocycles. The van der Waals surface area contributed by atoms with E-state index in [4.69, 9.17) is 83.7 Å². The van der Waals surface area contributed by atoms with Gasteiger partial charge < -0.3 is 102 Å². The van der Waals surface area contributed by atoms with E-state index in [-0.39, 0.29) is 113 Å². The van der Waals surface area contributed by atoms with E-state index < -0.39 is 71.0 Å². The molecular weight excluding hydrogens is 1410 g/mol. The molecule has 6 bridgehead atoms. The number of Topliss-reactive ketones (excluding diaryl/α,β-unsaturated/α-hetero) is 1. The lowest BCUT2D eigenvalue weighted by molar-refractivity contribution is -0.903. The molecule has 3 aromatic carbocycles. The average molecular weight is 1520 g/mol. The van der Waals surface area contributed by atoms with Crippen LogP contribution >= 0.6 is 0 Å². The van der Waals surface area contributed by atoms with Crippen molar-refractivity contribution in [1.29, 1.82) is 0 Å². The van der Waals surface area contributed by atoms with Crippen LogP contribution in [-0.4, -0.2) is 236 Å². The molecule has 0 saturated carbocycles. The SMILES string of the molecule is [B]NCCOCCOCCOCCOCCOCCOCCOCCOCCC(=O)NC(C(=O)NCC(=O)Nc1ccc(C[N+](C)(C)CCOc2ccc3nc4c5c6c7c(C)c8c5c(=O)c(c-4oc3c2)NC(=O)/C(C)=C\C=C\C(C)C[C@@H](C)CC(O8)C(OC(C)=O)[C@H](C)[C@@H](OC)/C=C/O[C@@](C)(O7)C6=O)cc1)C(C)C. The number of nitrogens with zero attached hydrogens (tertiary/aromatic N) is 2. The van der Waals surface area contributed by atoms with Crippen molar-refractivity contribution in [2.75, 3.05) is 164 Å². The zero-order valence-electron chi connectivity index (χ0n) is 65.0. The molecule has 0 fully saturated rings. The van der Waals surface area contributed by atoms with Crippen LogP contribution in [0.1, 0.15) is 96.1 Å². The van der Waals surface area contributed by atoms with Crippen molar-refractivity contribution < 1.29 is 104 Å². The lowest BCUT2D eigenvalue weighted by Gasteiger charge is -2.36. The summed E-state index contributed by atoms with van der Waals surface area (Å²) >= 11 is 0. The van der Waals surface area contributed by atoms with E-state index in [1.807, 2.05) is 31.2 Å². The number of ether oxygens (including phenoxy) is 14. The van der Waals surface area contributed by atoms with Gasteiger partial charge in [-0.2, -0.15) is 0 Å². The minimum atomic E-state index is -1.95. The zero-order chi connectivity index (χ0) is 78.6. The maximum absolute atomic E-state index is 15.8. The summed E-state index contributed by atoms with van der Waals surface area (Å²) in [6.07, 6.45) is 6.92. The zero-order valence-corrected chi connectivity index (χ0v) is 65.0. The molecule has 8 rings (SSSR count). The summed E-state index contributed by atoms with van der Waals surface area (Å²) in [5.41, 5.74) is 1.63. The van der Waals surface area contributed by atoms with Gasteiger partial charge in [0.25, 0.3) is 11.7 Å². The van der Waals surface area contributed by atoms with Crippen molar-refractivity contribution in [2.24, 2.45) is 23.7 Å². The highest BCUT2D eigenvalue weighted by Crippen LogP contribution is 2.52. The van der Waals surface area contributed by atoms with E-state index in [9.17, 15) is 24.0 Å². The van der Waals surface area contributed by atoms with Crippen molar-refractivity contribution in [3.05, 3.63) is 106 Å². The molecule has 594 valence electrons. The van der Waals surface area contributed by atoms with Gasteiger partial charge in [-0.15, -0.1) is 0 Å². The predicted octanol–water partition coefficient (Wildman–Crippen LogP) is 7.47. The molecule has 3 aromatic rings. The molecule has 0 aromatic heterocycles. The molecule has 30 heteroatoms. The number of carbonyl (C=O) groups is 6. The van der Waals surface area contributed by atoms with Gasteiger partial charge in [-0.25, -0.2) is 4.98 Å². The lowest BCUT2D eigenvalue weighted by Crippen LogP contribution is -2.51. The fraction of sp³-hybridized carbons (Fsp3) is 0.570. The third-order valence-electron chi connectivity index (χ3n) is 18.6. The molecule has 109 heavy (non-hydrogen) atoms. The van der Waals surface area contributed by atoms with Crippen LogP contribution in [0.25, 0.3) is 33.3 Å². The Labute approximate surface area is 638 Å². The number of allylic oxidation sites excluding steroid dienone is 3. The number of nitrogens with one attached hydrogen (secondary N) is 5. The second-order valence-electron chi connectivity index (χ2n) is 28.5. The highest BCUT2D eigenvalue weighted by molar-refractivity contribution is 6.22. The number of carbonyl (C=O) groups excluding carboxylic acids is 6. The number of rotatable bonds is 41. The van der Waals surface area contributed by atoms with Gasteiger partial charge in [-0.3, -0.25) is 33.6 Å². The number of esters is 1. The number of benzene rings is 4. The normalized spacial score (nSPS) is 20.9. The minimum Gasteiger partial charge on any atom is -0.488 e. The van der Waals surface area contributed by atoms with E-state index in [2.05, 4.69) is 54.4 Å². The first kappa shape index (κ1) is 86.2. The van der Waals surface area contributed by atoms with Gasteiger partial charge in [-0.1, -0.05) is 65.0 Å². The van der Waals surface area contributed by atoms with Crippen molar-refractivity contribution >= 4 is 76.6 Å². The Kier molecular flexibility index (Phi) is 33.8. The maximum atomic E-state index is 15.8. The van der Waals surface area contributed by atoms with Crippen LogP contribution < -0.4 is 46.1 Å². The van der Waals surface area contributed by atoms with E-state index >= 15 is 9.59 Å². The molecular formula is C79H109BN7O22+. The van der Waals surface area contributed by atoms with E-state index in [0.717, 1.165) is 5.56 Å². The summed E-state index contributed by atoms with van der Waals surface area (Å²) in [6.45, 7) is 23.9. The van der Waals surface area contributed by atoms with E-state index in [0.29, 0.717) is 152 Å². The summed E-state index contributed by atoms with van der Waals surface area (Å²) in [6, 6.07) is 11.6. The van der Waals surface area contributed by atoms with Gasteiger partial charge in [-0.05, 0) is 74.8 Å². The number of hydrogen-bond acceptors (Lipinski definition) is 24. The summed E-state index contributed by atoms with van der Waals surface area (Å²) in [7, 11) is 10.8. The van der Waals surface area contributed by atoms with Gasteiger partial charge in [0, 0.05) is 73.7 Å². The molecule has 2 radical (unpaired) electrons. The summed E-state index contributed by atoms with van der Waals surface area (Å²) in [5.74, 6) is -5.50. The van der Waals surface area contributed by atoms with Crippen LogP contribution in [0.4, 0.5) is 11.4 Å². The van der Waals surface area contributed by atoms with Gasteiger partial charge in [0.1, 0.15) is 72.1 Å². The first-order valence-electron chi connectivity index (χ1n) is 37.3. The molecule has 4 heterocycles. The molecule has 29 nitrogen and oxygen atoms in total. The fourth-order valence-corrected chi connectivity index (χ4v) is 12.9. The third-order valence-corrected chi connectivity index (χ3v) is 18.6. The molecule has 5 N–H and O–H groups in total. The highest BCUT2D eigenvalue weighted by atomic mass is 16.7. The fourth-order valence-electron chi connectivity index (χ4n) is 12.9. The topological polar surface area (TPSA) is 335 Å². The molecule has 5 aliphatic rings. The van der Waals surface area contributed by atoms with Crippen LogP contribution in [0.3, 0.4) is 0 Å². The molecule has 8 atom stereocenters. The summed E-state index contributed by atoms with van der Waals surface area (Å²) in [5, 5.41) is 13.6. The van der Waals surface area contributed by atoms with Crippen molar-refractivity contribution in [3.63, 3.8) is 0 Å². The third kappa shape index (κ3) is 25.3. The second-order valence-corrected chi connectivity index (χ2v) is 28.5. The van der Waals surface area contributed by atoms with Crippen LogP contribution in [-0.2, 0) is 82.6 Å². The molecule has 4 aliphatic heterocycles. The first-order chi connectivity index (χ1) is 52.3. The Bertz CT molecular complexity index is 3980. The summed E-state index contributed by atoms with van der Waals surface area (Å²) in [4.78, 5) is 103. The number of amides is 4. The molecule has 4 unspecified atom stereocenters. The van der Waals surface area contributed by atoms with Crippen LogP contribution in [0, 0.1) is 30.6 Å². The second kappa shape index (κ2) is 42.7. The van der Waals surface area contributed by atoms with E-state index in [1.165, 1.54) is 27.2 Å². The van der Waals surface area contributed by atoms with Gasteiger partial charge in [0.15, 0.2) is 19.3 Å². The van der Waals surface area contributed by atoms with Gasteiger partial charge in [0.2, 0.25) is 23.2 Å². The van der Waals surface area contributed by atoms with E-state index in [1.54, 1.807) is 70.2 Å². The number of quaternary nitrogens is 1. The van der Waals surface area contributed by atoms with Gasteiger partial charge in [0.05, 0.1) is 150 Å². The molecule has 0 spiro atoms.